The van der Waals surface area contributed by atoms with Crippen LogP contribution in [0.2, 0.25) is 0 Å². The molecule has 192 valence electrons. The van der Waals surface area contributed by atoms with Gasteiger partial charge in [-0.25, -0.2) is 13.9 Å². The highest BCUT2D eigenvalue weighted by atomic mass is 31.3. The number of aliphatic hydroxyl groups is 1. The van der Waals surface area contributed by atoms with Crippen LogP contribution in [0.3, 0.4) is 0 Å². The van der Waals surface area contributed by atoms with Gasteiger partial charge in [0.15, 0.2) is 12.1 Å². The van der Waals surface area contributed by atoms with Gasteiger partial charge in [0.2, 0.25) is 0 Å². The average Bonchev–Trinajstić information content (AvgIpc) is 3.06. The minimum absolute atomic E-state index is 0.117. The Kier molecular flexibility index (Phi) is 8.12. The minimum Gasteiger partial charge on any atom is -0.390 e. The van der Waals surface area contributed by atoms with Crippen LogP contribution in [0.4, 0.5) is 0 Å². The molecule has 2 saturated heterocycles. The maximum atomic E-state index is 12.2. The second-order valence-electron chi connectivity index (χ2n) is 7.78. The van der Waals surface area contributed by atoms with E-state index in [1.807, 2.05) is 0 Å². The number of nitrogens with one attached hydrogen (secondary N) is 1. The van der Waals surface area contributed by atoms with Crippen molar-refractivity contribution in [2.45, 2.75) is 63.6 Å². The van der Waals surface area contributed by atoms with Crippen molar-refractivity contribution in [1.29, 1.82) is 0 Å². The van der Waals surface area contributed by atoms with Crippen molar-refractivity contribution >= 4 is 21.4 Å². The average molecular weight is 529 g/mol. The third kappa shape index (κ3) is 6.56. The fourth-order valence-electron chi connectivity index (χ4n) is 3.37. The van der Waals surface area contributed by atoms with Gasteiger partial charge in [0.05, 0.1) is 18.8 Å². The van der Waals surface area contributed by atoms with Crippen LogP contribution in [0.1, 0.15) is 31.6 Å². The smallest absolute Gasteiger partial charge is 0.390 e. The lowest BCUT2D eigenvalue weighted by molar-refractivity contribution is -0.171. The molecule has 2 fully saturated rings. The lowest BCUT2D eigenvalue weighted by Gasteiger charge is -2.31. The normalized spacial score (nSPS) is 33.4. The van der Waals surface area contributed by atoms with Crippen LogP contribution >= 0.6 is 15.6 Å². The number of Topliss-reactive ketones (excluding diaryl/α,β-unsaturated/α-hetero) is 1. The maximum absolute atomic E-state index is 12.2. The number of hydrogen-bond acceptors (Lipinski definition) is 12. The summed E-state index contributed by atoms with van der Waals surface area (Å²) >= 11 is 0. The van der Waals surface area contributed by atoms with Crippen LogP contribution in [-0.4, -0.2) is 67.5 Å². The van der Waals surface area contributed by atoms with E-state index in [9.17, 15) is 38.4 Å². The molecule has 8 atom stereocenters. The van der Waals surface area contributed by atoms with Gasteiger partial charge in [-0.1, -0.05) is 0 Å². The molecule has 2 unspecified atom stereocenters. The van der Waals surface area contributed by atoms with Gasteiger partial charge in [0.1, 0.15) is 18.4 Å². The van der Waals surface area contributed by atoms with Gasteiger partial charge in [-0.15, -0.1) is 0 Å². The number of ketones is 1. The third-order valence-corrected chi connectivity index (χ3v) is 7.72. The Hall–Kier alpha value is -1.55. The van der Waals surface area contributed by atoms with Crippen LogP contribution in [0.25, 0.3) is 0 Å². The standard InChI is InChI=1S/C16H25N3O13P2/c1-7-5-19(16(23)18-15(7)22)12-4-10(20)11(30-12)6-28-33(24,25)32-34(26,27)31-13-3-9(17)14(21)8(2)29-13/h5,8-13,20H,3-4,6,17H2,1-2H3,(H,24,25)(H,26,27)(H,18,22,23)/t8-,9+,10+,11-,12-,13-/m1/s1. The zero-order valence-electron chi connectivity index (χ0n) is 18.0. The number of carbonyl (C=O) groups excluding carboxylic acids is 1. The molecule has 0 aromatic carbocycles. The summed E-state index contributed by atoms with van der Waals surface area (Å²) in [6.45, 7) is 2.04. The molecule has 18 heteroatoms. The second-order valence-corrected chi connectivity index (χ2v) is 10.8. The monoisotopic (exact) mass is 529 g/mol. The molecule has 1 aromatic rings. The molecular formula is C16H25N3O13P2. The number of aliphatic hydroxyl groups excluding tert-OH is 1. The molecule has 34 heavy (non-hydrogen) atoms. The Bertz CT molecular complexity index is 1120. The fourth-order valence-corrected chi connectivity index (χ4v) is 5.52. The fraction of sp³-hybridized carbons (Fsp3) is 0.688. The predicted octanol–water partition coefficient (Wildman–Crippen LogP) is -1.22. The number of aromatic nitrogens is 2. The van der Waals surface area contributed by atoms with Crippen LogP contribution in [0, 0.1) is 6.92 Å². The van der Waals surface area contributed by atoms with Crippen LogP contribution in [0.15, 0.2) is 15.8 Å². The van der Waals surface area contributed by atoms with Crippen molar-refractivity contribution in [3.8, 4) is 0 Å². The molecule has 3 rings (SSSR count). The molecule has 3 heterocycles. The number of rotatable bonds is 8. The highest BCUT2D eigenvalue weighted by Crippen LogP contribution is 2.61. The van der Waals surface area contributed by atoms with Gasteiger partial charge >= 0.3 is 21.3 Å². The van der Waals surface area contributed by atoms with Crippen LogP contribution in [0.5, 0.6) is 0 Å². The van der Waals surface area contributed by atoms with Gasteiger partial charge in [-0.05, 0) is 13.8 Å². The highest BCUT2D eigenvalue weighted by molar-refractivity contribution is 7.61. The van der Waals surface area contributed by atoms with E-state index in [1.165, 1.54) is 20.0 Å². The van der Waals surface area contributed by atoms with E-state index in [0.717, 1.165) is 4.57 Å². The number of aryl methyl sites for hydroxylation is 1. The molecule has 2 aliphatic heterocycles. The molecule has 16 nitrogen and oxygen atoms in total. The zero-order valence-corrected chi connectivity index (χ0v) is 19.8. The topological polar surface area (TPSA) is 239 Å². The summed E-state index contributed by atoms with van der Waals surface area (Å²) in [5.74, 6) is -0.447. The molecule has 0 radical (unpaired) electrons. The summed E-state index contributed by atoms with van der Waals surface area (Å²) in [6, 6.07) is -1.03. The number of phosphoric acid groups is 2. The number of nitrogens with zero attached hydrogens (tertiary/aromatic N) is 1. The number of ether oxygens (including phenoxy) is 2. The van der Waals surface area contributed by atoms with Crippen molar-refractivity contribution in [2.24, 2.45) is 5.73 Å². The van der Waals surface area contributed by atoms with Crippen molar-refractivity contribution < 1.29 is 51.6 Å². The van der Waals surface area contributed by atoms with E-state index < -0.39 is 76.2 Å². The molecular weight excluding hydrogens is 504 g/mol. The summed E-state index contributed by atoms with van der Waals surface area (Å²) in [4.78, 5) is 56.8. The van der Waals surface area contributed by atoms with E-state index in [1.54, 1.807) is 0 Å². The van der Waals surface area contributed by atoms with Gasteiger partial charge in [0.25, 0.3) is 5.56 Å². The number of nitrogens with two attached hydrogens (primary N) is 1. The number of carbonyl (C=O) groups is 1. The zero-order chi connectivity index (χ0) is 25.4. The van der Waals surface area contributed by atoms with E-state index in [2.05, 4.69) is 18.3 Å². The van der Waals surface area contributed by atoms with Gasteiger partial charge in [-0.2, -0.15) is 4.31 Å². The molecule has 2 aliphatic rings. The molecule has 0 bridgehead atoms. The Balaban J connectivity index is 1.57. The van der Waals surface area contributed by atoms with E-state index in [-0.39, 0.29) is 18.4 Å². The summed E-state index contributed by atoms with van der Waals surface area (Å²) in [5, 5.41) is 10.2. The third-order valence-electron chi connectivity index (χ3n) is 5.09. The first-order valence-electron chi connectivity index (χ1n) is 9.97. The number of hydrogen-bond donors (Lipinski definition) is 5. The molecule has 0 spiro atoms. The number of phosphoric ester groups is 2. The predicted molar refractivity (Wildman–Crippen MR) is 110 cm³/mol. The second kappa shape index (κ2) is 10.2. The Morgan fingerprint density at radius 3 is 2.53 bits per heavy atom. The van der Waals surface area contributed by atoms with Crippen LogP contribution < -0.4 is 17.0 Å². The Labute approximate surface area is 191 Å². The number of H-pyrrole nitrogens is 1. The van der Waals surface area contributed by atoms with Gasteiger partial charge in [0, 0.05) is 24.6 Å². The lowest BCUT2D eigenvalue weighted by atomic mass is 10.0. The largest absolute Gasteiger partial charge is 0.483 e. The van der Waals surface area contributed by atoms with Crippen molar-refractivity contribution in [3.05, 3.63) is 32.6 Å². The summed E-state index contributed by atoms with van der Waals surface area (Å²) in [6.07, 6.45) is -5.16. The molecule has 6 N–H and O–H groups in total. The first-order valence-corrected chi connectivity index (χ1v) is 13.0. The Morgan fingerprint density at radius 1 is 1.21 bits per heavy atom. The summed E-state index contributed by atoms with van der Waals surface area (Å²) in [7, 11) is -10.4. The van der Waals surface area contributed by atoms with Crippen LogP contribution in [-0.2, 0) is 36.8 Å². The van der Waals surface area contributed by atoms with E-state index in [4.69, 9.17) is 15.2 Å². The molecule has 0 amide bonds. The first-order chi connectivity index (χ1) is 15.7. The van der Waals surface area contributed by atoms with E-state index in [0.29, 0.717) is 0 Å². The summed E-state index contributed by atoms with van der Waals surface area (Å²) < 4.78 is 49.4. The quantitative estimate of drug-likeness (QED) is 0.248. The van der Waals surface area contributed by atoms with Gasteiger partial charge < -0.3 is 30.1 Å². The Morgan fingerprint density at radius 2 is 1.88 bits per heavy atom. The van der Waals surface area contributed by atoms with Gasteiger partial charge in [-0.3, -0.25) is 28.2 Å². The minimum atomic E-state index is -5.22. The maximum Gasteiger partial charge on any atom is 0.483 e. The van der Waals surface area contributed by atoms with Crippen molar-refractivity contribution in [2.75, 3.05) is 6.61 Å². The van der Waals surface area contributed by atoms with E-state index >= 15 is 0 Å². The van der Waals surface area contributed by atoms with Crippen molar-refractivity contribution in [1.82, 2.24) is 9.55 Å². The highest BCUT2D eigenvalue weighted by Gasteiger charge is 2.43. The first kappa shape index (κ1) is 27.0. The SMILES string of the molecule is Cc1cn([C@H]2C[C@H](O)[C@@H](COP(=O)(O)OP(=O)(O)O[C@@H]3C[C@H](N)C(=O)[C@@H](C)O3)O2)c(=O)[nH]c1=O. The summed E-state index contributed by atoms with van der Waals surface area (Å²) in [5.41, 5.74) is 4.43. The van der Waals surface area contributed by atoms with Crippen molar-refractivity contribution in [3.63, 3.8) is 0 Å². The number of aromatic amines is 1. The molecule has 1 aromatic heterocycles. The lowest BCUT2D eigenvalue weighted by Crippen LogP contribution is -2.48. The molecule has 0 saturated carbocycles. The molecule has 0 aliphatic carbocycles.